The number of benzene rings is 1. The monoisotopic (exact) mass is 363 g/mol. The van der Waals surface area contributed by atoms with E-state index in [1.54, 1.807) is 11.0 Å². The summed E-state index contributed by atoms with van der Waals surface area (Å²) in [5.41, 5.74) is 0.793. The smallest absolute Gasteiger partial charge is 0.410 e. The van der Waals surface area contributed by atoms with Gasteiger partial charge < -0.3 is 19.1 Å². The summed E-state index contributed by atoms with van der Waals surface area (Å²) in [6.45, 7) is 8.47. The largest absolute Gasteiger partial charge is 0.491 e. The molecule has 1 aromatic rings. The van der Waals surface area contributed by atoms with Gasteiger partial charge in [-0.3, -0.25) is 0 Å². The molecule has 1 heterocycles. The van der Waals surface area contributed by atoms with E-state index in [9.17, 15) is 9.59 Å². The minimum absolute atomic E-state index is 0.0403. The van der Waals surface area contributed by atoms with Crippen molar-refractivity contribution in [3.63, 3.8) is 0 Å². The minimum atomic E-state index is -0.522. The van der Waals surface area contributed by atoms with Crippen molar-refractivity contribution in [1.82, 2.24) is 4.90 Å². The molecule has 0 saturated carbocycles. The first-order valence-electron chi connectivity index (χ1n) is 9.02. The minimum Gasteiger partial charge on any atom is -0.491 e. The average molecular weight is 363 g/mol. The zero-order valence-corrected chi connectivity index (χ0v) is 16.3. The number of rotatable bonds is 4. The van der Waals surface area contributed by atoms with Crippen LogP contribution in [0, 0.1) is 6.92 Å². The van der Waals surface area contributed by atoms with E-state index in [0.717, 1.165) is 24.8 Å². The van der Waals surface area contributed by atoms with E-state index in [1.807, 2.05) is 39.8 Å². The molecule has 1 saturated heterocycles. The molecule has 1 aliphatic rings. The van der Waals surface area contributed by atoms with Gasteiger partial charge in [0.1, 0.15) is 18.0 Å². The first-order chi connectivity index (χ1) is 12.2. The number of amides is 1. The van der Waals surface area contributed by atoms with E-state index < -0.39 is 5.60 Å². The molecule has 0 aliphatic carbocycles. The van der Waals surface area contributed by atoms with Gasteiger partial charge in [0.05, 0.1) is 18.7 Å². The molecule has 144 valence electrons. The second kappa shape index (κ2) is 8.43. The van der Waals surface area contributed by atoms with Gasteiger partial charge >= 0.3 is 12.1 Å². The molecule has 1 unspecified atom stereocenters. The Balaban J connectivity index is 2.04. The SMILES string of the molecule is COC(=O)c1cc(OCC2CCCCN2C(=O)OC(C)(C)C)ccc1C. The van der Waals surface area contributed by atoms with Crippen LogP contribution in [0.2, 0.25) is 0 Å². The second-order valence-corrected chi connectivity index (χ2v) is 7.60. The number of ether oxygens (including phenoxy) is 3. The topological polar surface area (TPSA) is 65.1 Å². The highest BCUT2D eigenvalue weighted by atomic mass is 16.6. The zero-order valence-electron chi connectivity index (χ0n) is 16.3. The Labute approximate surface area is 155 Å². The van der Waals surface area contributed by atoms with Crippen LogP contribution < -0.4 is 4.74 Å². The highest BCUT2D eigenvalue weighted by Gasteiger charge is 2.31. The lowest BCUT2D eigenvalue weighted by Crippen LogP contribution is -2.48. The highest BCUT2D eigenvalue weighted by molar-refractivity contribution is 5.91. The van der Waals surface area contributed by atoms with Crippen molar-refractivity contribution in [2.45, 2.75) is 58.6 Å². The van der Waals surface area contributed by atoms with Gasteiger partial charge in [-0.05, 0) is 64.7 Å². The fourth-order valence-electron chi connectivity index (χ4n) is 2.95. The second-order valence-electron chi connectivity index (χ2n) is 7.60. The number of aryl methyl sites for hydroxylation is 1. The molecule has 1 amide bonds. The number of carbonyl (C=O) groups excluding carboxylic acids is 2. The van der Waals surface area contributed by atoms with Gasteiger partial charge in [-0.2, -0.15) is 0 Å². The van der Waals surface area contributed by atoms with Gasteiger partial charge in [-0.25, -0.2) is 9.59 Å². The van der Waals surface area contributed by atoms with Gasteiger partial charge in [-0.15, -0.1) is 0 Å². The van der Waals surface area contributed by atoms with Crippen LogP contribution in [0.5, 0.6) is 5.75 Å². The Bertz CT molecular complexity index is 650. The van der Waals surface area contributed by atoms with Crippen LogP contribution in [-0.4, -0.2) is 48.9 Å². The molecule has 1 aliphatic heterocycles. The lowest BCUT2D eigenvalue weighted by Gasteiger charge is -2.36. The van der Waals surface area contributed by atoms with Crippen LogP contribution in [0.4, 0.5) is 4.79 Å². The molecular weight excluding hydrogens is 334 g/mol. The Hall–Kier alpha value is -2.24. The fraction of sp³-hybridized carbons (Fsp3) is 0.600. The van der Waals surface area contributed by atoms with Crippen molar-refractivity contribution in [3.8, 4) is 5.75 Å². The van der Waals surface area contributed by atoms with Crippen LogP contribution >= 0.6 is 0 Å². The number of nitrogens with zero attached hydrogens (tertiary/aromatic N) is 1. The van der Waals surface area contributed by atoms with E-state index in [1.165, 1.54) is 7.11 Å². The number of esters is 1. The first kappa shape index (κ1) is 20.1. The summed E-state index contributed by atoms with van der Waals surface area (Å²) in [7, 11) is 1.36. The molecule has 26 heavy (non-hydrogen) atoms. The summed E-state index contributed by atoms with van der Waals surface area (Å²) < 4.78 is 16.2. The third-order valence-corrected chi connectivity index (χ3v) is 4.31. The number of piperidine rings is 1. The molecule has 6 nitrogen and oxygen atoms in total. The Morgan fingerprint density at radius 1 is 1.23 bits per heavy atom. The Morgan fingerprint density at radius 2 is 1.96 bits per heavy atom. The number of hydrogen-bond donors (Lipinski definition) is 0. The molecule has 0 aromatic heterocycles. The summed E-state index contributed by atoms with van der Waals surface area (Å²) in [6, 6.07) is 5.29. The highest BCUT2D eigenvalue weighted by Crippen LogP contribution is 2.23. The molecule has 1 atom stereocenters. The van der Waals surface area contributed by atoms with Crippen molar-refractivity contribution < 1.29 is 23.8 Å². The van der Waals surface area contributed by atoms with Crippen molar-refractivity contribution in [1.29, 1.82) is 0 Å². The number of hydrogen-bond acceptors (Lipinski definition) is 5. The Kier molecular flexibility index (Phi) is 6.51. The maximum atomic E-state index is 12.4. The maximum absolute atomic E-state index is 12.4. The summed E-state index contributed by atoms with van der Waals surface area (Å²) in [5.74, 6) is 0.201. The molecule has 0 N–H and O–H groups in total. The number of methoxy groups -OCH3 is 1. The molecular formula is C20H29NO5. The zero-order chi connectivity index (χ0) is 19.3. The standard InChI is InChI=1S/C20H29NO5/c1-14-9-10-16(12-17(14)18(22)24-5)25-13-15-8-6-7-11-21(15)19(23)26-20(2,3)4/h9-10,12,15H,6-8,11,13H2,1-5H3. The van der Waals surface area contributed by atoms with Gasteiger partial charge in [-0.1, -0.05) is 6.07 Å². The third kappa shape index (κ3) is 5.38. The molecule has 6 heteroatoms. The predicted octanol–water partition coefficient (Wildman–Crippen LogP) is 3.95. The fourth-order valence-corrected chi connectivity index (χ4v) is 2.95. The van der Waals surface area contributed by atoms with Gasteiger partial charge in [0.25, 0.3) is 0 Å². The first-order valence-corrected chi connectivity index (χ1v) is 9.02. The average Bonchev–Trinajstić information content (AvgIpc) is 2.59. The van der Waals surface area contributed by atoms with Crippen LogP contribution in [-0.2, 0) is 9.47 Å². The van der Waals surface area contributed by atoms with Gasteiger partial charge in [0.2, 0.25) is 0 Å². The molecule has 0 spiro atoms. The molecule has 2 rings (SSSR count). The van der Waals surface area contributed by atoms with Crippen LogP contribution in [0.25, 0.3) is 0 Å². The summed E-state index contributed by atoms with van der Waals surface area (Å²) in [4.78, 5) is 26.0. The quantitative estimate of drug-likeness (QED) is 0.758. The summed E-state index contributed by atoms with van der Waals surface area (Å²) >= 11 is 0. The lowest BCUT2D eigenvalue weighted by molar-refractivity contribution is 0.00361. The van der Waals surface area contributed by atoms with Crippen LogP contribution in [0.1, 0.15) is 56.0 Å². The normalized spacial score (nSPS) is 17.6. The van der Waals surface area contributed by atoms with Crippen molar-refractivity contribution in [2.75, 3.05) is 20.3 Å². The van der Waals surface area contributed by atoms with E-state index >= 15 is 0 Å². The van der Waals surface area contributed by atoms with Gasteiger partial charge in [0.15, 0.2) is 0 Å². The third-order valence-electron chi connectivity index (χ3n) is 4.31. The summed E-state index contributed by atoms with van der Waals surface area (Å²) in [6.07, 6.45) is 2.58. The van der Waals surface area contributed by atoms with Crippen molar-refractivity contribution in [3.05, 3.63) is 29.3 Å². The van der Waals surface area contributed by atoms with Gasteiger partial charge in [0, 0.05) is 6.54 Å². The molecule has 0 radical (unpaired) electrons. The Morgan fingerprint density at radius 3 is 2.62 bits per heavy atom. The van der Waals surface area contributed by atoms with Crippen molar-refractivity contribution in [2.24, 2.45) is 0 Å². The number of likely N-dealkylation sites (tertiary alicyclic amines) is 1. The van der Waals surface area contributed by atoms with E-state index in [-0.39, 0.29) is 18.1 Å². The van der Waals surface area contributed by atoms with Crippen LogP contribution in [0.15, 0.2) is 18.2 Å². The van der Waals surface area contributed by atoms with Crippen LogP contribution in [0.3, 0.4) is 0 Å². The maximum Gasteiger partial charge on any atom is 0.410 e. The molecule has 0 bridgehead atoms. The van der Waals surface area contributed by atoms with E-state index in [2.05, 4.69) is 0 Å². The summed E-state index contributed by atoms with van der Waals surface area (Å²) in [5, 5.41) is 0. The van der Waals surface area contributed by atoms with E-state index in [4.69, 9.17) is 14.2 Å². The molecule has 1 aromatic carbocycles. The lowest BCUT2D eigenvalue weighted by atomic mass is 10.0. The number of carbonyl (C=O) groups is 2. The predicted molar refractivity (Wildman–Crippen MR) is 98.6 cm³/mol. The van der Waals surface area contributed by atoms with Crippen molar-refractivity contribution >= 4 is 12.1 Å². The van der Waals surface area contributed by atoms with E-state index in [0.29, 0.717) is 24.5 Å². The molecule has 1 fully saturated rings.